The molecule has 0 heterocycles. The molecule has 0 spiro atoms. The summed E-state index contributed by atoms with van der Waals surface area (Å²) in [5.41, 5.74) is 6.71. The van der Waals surface area contributed by atoms with Crippen LogP contribution < -0.4 is 15.2 Å². The molecule has 1 saturated carbocycles. The molecule has 3 nitrogen and oxygen atoms in total. The fourth-order valence-electron chi connectivity index (χ4n) is 1.88. The molecule has 0 atom stereocenters. The lowest BCUT2D eigenvalue weighted by atomic mass is 10.2. The van der Waals surface area contributed by atoms with E-state index in [-0.39, 0.29) is 0 Å². The van der Waals surface area contributed by atoms with Crippen molar-refractivity contribution in [2.45, 2.75) is 32.7 Å². The molecule has 1 aromatic rings. The number of nitrogens with two attached hydrogens (primary N) is 1. The van der Waals surface area contributed by atoms with Crippen molar-refractivity contribution in [2.75, 3.05) is 13.2 Å². The van der Waals surface area contributed by atoms with Gasteiger partial charge in [-0.15, -0.1) is 0 Å². The van der Waals surface area contributed by atoms with Crippen LogP contribution >= 0.6 is 15.9 Å². The van der Waals surface area contributed by atoms with Crippen molar-refractivity contribution in [3.05, 3.63) is 22.2 Å². The lowest BCUT2D eigenvalue weighted by Gasteiger charge is -2.15. The van der Waals surface area contributed by atoms with E-state index in [4.69, 9.17) is 15.2 Å². The minimum absolute atomic E-state index is 0.501. The molecule has 0 unspecified atom stereocenters. The summed E-state index contributed by atoms with van der Waals surface area (Å²) in [4.78, 5) is 0. The van der Waals surface area contributed by atoms with Gasteiger partial charge < -0.3 is 15.2 Å². The second kappa shape index (κ2) is 6.43. The van der Waals surface area contributed by atoms with Crippen molar-refractivity contribution < 1.29 is 9.47 Å². The van der Waals surface area contributed by atoms with Gasteiger partial charge in [0.15, 0.2) is 11.5 Å². The molecule has 18 heavy (non-hydrogen) atoms. The van der Waals surface area contributed by atoms with E-state index in [9.17, 15) is 0 Å². The first-order valence-corrected chi connectivity index (χ1v) is 7.32. The molecule has 1 aliphatic carbocycles. The van der Waals surface area contributed by atoms with Gasteiger partial charge in [-0.2, -0.15) is 0 Å². The van der Waals surface area contributed by atoms with Crippen LogP contribution in [0.25, 0.3) is 0 Å². The highest BCUT2D eigenvalue weighted by Crippen LogP contribution is 2.38. The van der Waals surface area contributed by atoms with E-state index in [0.717, 1.165) is 40.5 Å². The normalized spacial score (nSPS) is 14.6. The Labute approximate surface area is 117 Å². The summed E-state index contributed by atoms with van der Waals surface area (Å²) in [6, 6.07) is 3.95. The number of hydrogen-bond donors (Lipinski definition) is 1. The average Bonchev–Trinajstić information content (AvgIpc) is 3.16. The molecular weight excluding hydrogens is 294 g/mol. The van der Waals surface area contributed by atoms with Crippen LogP contribution in [-0.4, -0.2) is 13.2 Å². The smallest absolute Gasteiger partial charge is 0.175 e. The summed E-state index contributed by atoms with van der Waals surface area (Å²) in [6.07, 6.45) is 3.85. The monoisotopic (exact) mass is 313 g/mol. The Morgan fingerprint density at radius 2 is 2.11 bits per heavy atom. The average molecular weight is 314 g/mol. The molecule has 1 aliphatic rings. The molecular formula is C14H20BrNO2. The standard InChI is InChI=1S/C14H20BrNO2/c1-2-17-13-8-11(9-16)7-12(15)14(13)18-6-5-10-3-4-10/h7-8,10H,2-6,9,16H2,1H3. The lowest BCUT2D eigenvalue weighted by Crippen LogP contribution is -2.04. The van der Waals surface area contributed by atoms with Crippen LogP contribution in [0.4, 0.5) is 0 Å². The van der Waals surface area contributed by atoms with Gasteiger partial charge in [-0.05, 0) is 52.9 Å². The summed E-state index contributed by atoms with van der Waals surface area (Å²) in [6.45, 7) is 3.85. The number of rotatable bonds is 7. The first-order chi connectivity index (χ1) is 8.74. The zero-order chi connectivity index (χ0) is 13.0. The van der Waals surface area contributed by atoms with Gasteiger partial charge in [0, 0.05) is 6.54 Å². The van der Waals surface area contributed by atoms with E-state index >= 15 is 0 Å². The van der Waals surface area contributed by atoms with Gasteiger partial charge in [-0.1, -0.05) is 12.8 Å². The highest BCUT2D eigenvalue weighted by atomic mass is 79.9. The van der Waals surface area contributed by atoms with Gasteiger partial charge in [0.1, 0.15) is 0 Å². The predicted octanol–water partition coefficient (Wildman–Crippen LogP) is 3.49. The Bertz CT molecular complexity index is 405. The molecule has 2 rings (SSSR count). The zero-order valence-electron chi connectivity index (χ0n) is 10.7. The van der Waals surface area contributed by atoms with Crippen molar-refractivity contribution in [1.29, 1.82) is 0 Å². The Hall–Kier alpha value is -0.740. The minimum atomic E-state index is 0.501. The van der Waals surface area contributed by atoms with E-state index in [1.165, 1.54) is 12.8 Å². The minimum Gasteiger partial charge on any atom is -0.490 e. The van der Waals surface area contributed by atoms with E-state index in [1.807, 2.05) is 19.1 Å². The van der Waals surface area contributed by atoms with E-state index in [2.05, 4.69) is 15.9 Å². The highest BCUT2D eigenvalue weighted by molar-refractivity contribution is 9.10. The van der Waals surface area contributed by atoms with Crippen molar-refractivity contribution in [2.24, 2.45) is 11.7 Å². The Morgan fingerprint density at radius 3 is 2.72 bits per heavy atom. The number of halogens is 1. The molecule has 0 saturated heterocycles. The number of ether oxygens (including phenoxy) is 2. The van der Waals surface area contributed by atoms with Gasteiger partial charge in [0.2, 0.25) is 0 Å². The third-order valence-corrected chi connectivity index (χ3v) is 3.66. The summed E-state index contributed by atoms with van der Waals surface area (Å²) >= 11 is 3.53. The third-order valence-electron chi connectivity index (χ3n) is 3.07. The van der Waals surface area contributed by atoms with Gasteiger partial charge in [-0.25, -0.2) is 0 Å². The Morgan fingerprint density at radius 1 is 1.33 bits per heavy atom. The summed E-state index contributed by atoms with van der Waals surface area (Å²) in [7, 11) is 0. The van der Waals surface area contributed by atoms with Crippen LogP contribution in [0, 0.1) is 5.92 Å². The molecule has 0 amide bonds. The number of hydrogen-bond acceptors (Lipinski definition) is 3. The molecule has 0 radical (unpaired) electrons. The van der Waals surface area contributed by atoms with E-state index in [1.54, 1.807) is 0 Å². The summed E-state index contributed by atoms with van der Waals surface area (Å²) in [5.74, 6) is 2.46. The second-order valence-corrected chi connectivity index (χ2v) is 5.48. The van der Waals surface area contributed by atoms with Gasteiger partial charge in [-0.3, -0.25) is 0 Å². The fourth-order valence-corrected chi connectivity index (χ4v) is 2.48. The van der Waals surface area contributed by atoms with Gasteiger partial charge >= 0.3 is 0 Å². The maximum atomic E-state index is 5.86. The van der Waals surface area contributed by atoms with Gasteiger partial charge in [0.25, 0.3) is 0 Å². The second-order valence-electron chi connectivity index (χ2n) is 4.62. The van der Waals surface area contributed by atoms with Crippen LogP contribution in [0.3, 0.4) is 0 Å². The predicted molar refractivity (Wildman–Crippen MR) is 76.0 cm³/mol. The zero-order valence-corrected chi connectivity index (χ0v) is 12.3. The SMILES string of the molecule is CCOc1cc(CN)cc(Br)c1OCCC1CC1. The Kier molecular flexibility index (Phi) is 4.89. The molecule has 100 valence electrons. The van der Waals surface area contributed by atoms with E-state index in [0.29, 0.717) is 13.2 Å². The molecule has 2 N–H and O–H groups in total. The first-order valence-electron chi connectivity index (χ1n) is 6.52. The topological polar surface area (TPSA) is 44.5 Å². The molecule has 0 bridgehead atoms. The van der Waals surface area contributed by atoms with Crippen LogP contribution in [0.5, 0.6) is 11.5 Å². The molecule has 0 aromatic heterocycles. The largest absolute Gasteiger partial charge is 0.490 e. The first kappa shape index (κ1) is 13.7. The van der Waals surface area contributed by atoms with Crippen molar-refractivity contribution in [3.63, 3.8) is 0 Å². The van der Waals surface area contributed by atoms with Crippen LogP contribution in [-0.2, 0) is 6.54 Å². The lowest BCUT2D eigenvalue weighted by molar-refractivity contribution is 0.267. The molecule has 4 heteroatoms. The third kappa shape index (κ3) is 3.62. The quantitative estimate of drug-likeness (QED) is 0.838. The number of benzene rings is 1. The molecule has 0 aliphatic heterocycles. The Balaban J connectivity index is 2.08. The highest BCUT2D eigenvalue weighted by Gasteiger charge is 2.21. The van der Waals surface area contributed by atoms with E-state index < -0.39 is 0 Å². The van der Waals surface area contributed by atoms with Crippen molar-refractivity contribution in [3.8, 4) is 11.5 Å². The van der Waals surface area contributed by atoms with Crippen LogP contribution in [0.2, 0.25) is 0 Å². The van der Waals surface area contributed by atoms with Crippen molar-refractivity contribution in [1.82, 2.24) is 0 Å². The fraction of sp³-hybridized carbons (Fsp3) is 0.571. The summed E-state index contributed by atoms with van der Waals surface area (Å²) in [5, 5.41) is 0. The van der Waals surface area contributed by atoms with Gasteiger partial charge in [0.05, 0.1) is 17.7 Å². The maximum Gasteiger partial charge on any atom is 0.175 e. The van der Waals surface area contributed by atoms with Crippen LogP contribution in [0.15, 0.2) is 16.6 Å². The van der Waals surface area contributed by atoms with Crippen molar-refractivity contribution >= 4 is 15.9 Å². The molecule has 1 fully saturated rings. The van der Waals surface area contributed by atoms with Crippen LogP contribution in [0.1, 0.15) is 31.7 Å². The maximum absolute atomic E-state index is 5.86. The molecule has 1 aromatic carbocycles. The summed E-state index contributed by atoms with van der Waals surface area (Å²) < 4.78 is 12.4.